The zero-order valence-corrected chi connectivity index (χ0v) is 16.3. The van der Waals surface area contributed by atoms with E-state index in [1.54, 1.807) is 30.3 Å². The van der Waals surface area contributed by atoms with Crippen molar-refractivity contribution < 1.29 is 28.2 Å². The van der Waals surface area contributed by atoms with Crippen LogP contribution in [-0.4, -0.2) is 42.9 Å². The lowest BCUT2D eigenvalue weighted by Gasteiger charge is -2.07. The van der Waals surface area contributed by atoms with Crippen LogP contribution < -0.4 is 14.8 Å². The summed E-state index contributed by atoms with van der Waals surface area (Å²) in [6.07, 6.45) is 2.74. The molecule has 154 valence electrons. The summed E-state index contributed by atoms with van der Waals surface area (Å²) in [5.74, 6) is 0.0782. The highest BCUT2D eigenvalue weighted by Gasteiger charge is 2.12. The Hall–Kier alpha value is -4.14. The van der Waals surface area contributed by atoms with Crippen molar-refractivity contribution in [2.24, 2.45) is 0 Å². The average Bonchev–Trinajstić information content (AvgIpc) is 3.25. The van der Waals surface area contributed by atoms with Crippen molar-refractivity contribution in [3.05, 3.63) is 60.2 Å². The maximum Gasteiger partial charge on any atom is 0.331 e. The number of nitrogens with zero attached hydrogens (tertiary/aromatic N) is 2. The van der Waals surface area contributed by atoms with Gasteiger partial charge in [-0.25, -0.2) is 4.79 Å². The van der Waals surface area contributed by atoms with Crippen LogP contribution >= 0.6 is 0 Å². The standard InChI is InChI=1S/C21H19N3O6/c1-27-16-10-8-14(12-17(16)28-2)9-11-19(26)29-13-18(25)22-21-24-23-20(30-21)15-6-4-3-5-7-15/h3-12H,13H2,1-2H3,(H,22,24,25)/b11-9+. The second kappa shape index (κ2) is 9.87. The molecule has 0 aliphatic carbocycles. The quantitative estimate of drug-likeness (QED) is 0.446. The lowest BCUT2D eigenvalue weighted by Crippen LogP contribution is -2.20. The molecule has 30 heavy (non-hydrogen) atoms. The van der Waals surface area contributed by atoms with Gasteiger partial charge in [0.1, 0.15) is 0 Å². The Bertz CT molecular complexity index is 1050. The van der Waals surface area contributed by atoms with E-state index in [9.17, 15) is 9.59 Å². The monoisotopic (exact) mass is 409 g/mol. The molecule has 1 amide bonds. The van der Waals surface area contributed by atoms with Crippen LogP contribution in [0.2, 0.25) is 0 Å². The van der Waals surface area contributed by atoms with Crippen molar-refractivity contribution in [3.8, 4) is 23.0 Å². The summed E-state index contributed by atoms with van der Waals surface area (Å²) in [7, 11) is 3.05. The summed E-state index contributed by atoms with van der Waals surface area (Å²) in [4.78, 5) is 23.8. The Morgan fingerprint density at radius 1 is 1.03 bits per heavy atom. The molecule has 0 unspecified atom stereocenters. The van der Waals surface area contributed by atoms with E-state index in [2.05, 4.69) is 15.5 Å². The number of hydrogen-bond acceptors (Lipinski definition) is 8. The summed E-state index contributed by atoms with van der Waals surface area (Å²) in [6, 6.07) is 14.2. The van der Waals surface area contributed by atoms with Crippen molar-refractivity contribution in [2.75, 3.05) is 26.1 Å². The first-order valence-electron chi connectivity index (χ1n) is 8.84. The zero-order valence-electron chi connectivity index (χ0n) is 16.3. The summed E-state index contributed by atoms with van der Waals surface area (Å²) >= 11 is 0. The van der Waals surface area contributed by atoms with Crippen LogP contribution in [0.5, 0.6) is 11.5 Å². The maximum atomic E-state index is 11.9. The van der Waals surface area contributed by atoms with Gasteiger partial charge in [0.05, 0.1) is 14.2 Å². The molecule has 1 heterocycles. The molecular formula is C21H19N3O6. The van der Waals surface area contributed by atoms with E-state index in [0.717, 1.165) is 5.56 Å². The first-order chi connectivity index (χ1) is 14.6. The van der Waals surface area contributed by atoms with E-state index in [4.69, 9.17) is 18.6 Å². The maximum absolute atomic E-state index is 11.9. The Kier molecular flexibility index (Phi) is 6.78. The van der Waals surface area contributed by atoms with Crippen molar-refractivity contribution in [2.45, 2.75) is 0 Å². The Labute approximate surface area is 172 Å². The van der Waals surface area contributed by atoms with Gasteiger partial charge in [0, 0.05) is 11.6 Å². The molecular weight excluding hydrogens is 390 g/mol. The summed E-state index contributed by atoms with van der Waals surface area (Å²) in [6.45, 7) is -0.502. The number of amides is 1. The molecule has 2 aromatic carbocycles. The van der Waals surface area contributed by atoms with Gasteiger partial charge < -0.3 is 18.6 Å². The van der Waals surface area contributed by atoms with Crippen LogP contribution in [0.3, 0.4) is 0 Å². The van der Waals surface area contributed by atoms with Crippen molar-refractivity contribution in [3.63, 3.8) is 0 Å². The second-order valence-electron chi connectivity index (χ2n) is 5.88. The molecule has 1 N–H and O–H groups in total. The largest absolute Gasteiger partial charge is 0.493 e. The number of anilines is 1. The molecule has 0 saturated heterocycles. The number of hydrogen-bond donors (Lipinski definition) is 1. The Balaban J connectivity index is 1.49. The molecule has 0 saturated carbocycles. The Morgan fingerprint density at radius 2 is 1.80 bits per heavy atom. The molecule has 0 aliphatic heterocycles. The minimum absolute atomic E-state index is 0.0872. The topological polar surface area (TPSA) is 113 Å². The number of aromatic nitrogens is 2. The van der Waals surface area contributed by atoms with Crippen LogP contribution in [0.4, 0.5) is 6.01 Å². The number of rotatable bonds is 8. The van der Waals surface area contributed by atoms with Gasteiger partial charge in [0.2, 0.25) is 5.89 Å². The highest BCUT2D eigenvalue weighted by molar-refractivity contribution is 5.93. The number of methoxy groups -OCH3 is 2. The van der Waals surface area contributed by atoms with E-state index in [-0.39, 0.29) is 11.9 Å². The predicted molar refractivity (Wildman–Crippen MR) is 108 cm³/mol. The van der Waals surface area contributed by atoms with Crippen molar-refractivity contribution in [1.29, 1.82) is 0 Å². The first kappa shape index (κ1) is 20.6. The molecule has 1 aromatic heterocycles. The molecule has 0 radical (unpaired) electrons. The van der Waals surface area contributed by atoms with E-state index >= 15 is 0 Å². The molecule has 3 aromatic rings. The molecule has 3 rings (SSSR count). The fourth-order valence-corrected chi connectivity index (χ4v) is 2.43. The van der Waals surface area contributed by atoms with Gasteiger partial charge in [0.15, 0.2) is 18.1 Å². The minimum atomic E-state index is -0.685. The van der Waals surface area contributed by atoms with Gasteiger partial charge in [-0.15, -0.1) is 5.10 Å². The highest BCUT2D eigenvalue weighted by Crippen LogP contribution is 2.28. The smallest absolute Gasteiger partial charge is 0.331 e. The number of esters is 1. The molecule has 0 bridgehead atoms. The molecule has 0 fully saturated rings. The third kappa shape index (κ3) is 5.44. The molecule has 9 heteroatoms. The van der Waals surface area contributed by atoms with Gasteiger partial charge in [-0.1, -0.05) is 29.4 Å². The summed E-state index contributed by atoms with van der Waals surface area (Å²) < 4.78 is 20.6. The van der Waals surface area contributed by atoms with Crippen LogP contribution in [0.15, 0.2) is 59.0 Å². The van der Waals surface area contributed by atoms with Crippen LogP contribution in [0, 0.1) is 0 Å². The number of ether oxygens (including phenoxy) is 3. The lowest BCUT2D eigenvalue weighted by atomic mass is 10.2. The number of nitrogens with one attached hydrogen (secondary N) is 1. The van der Waals surface area contributed by atoms with Crippen molar-refractivity contribution >= 4 is 24.0 Å². The van der Waals surface area contributed by atoms with Crippen LogP contribution in [0.25, 0.3) is 17.5 Å². The molecule has 0 aliphatic rings. The van der Waals surface area contributed by atoms with Crippen molar-refractivity contribution in [1.82, 2.24) is 10.2 Å². The van der Waals surface area contributed by atoms with Gasteiger partial charge in [0.25, 0.3) is 5.91 Å². The van der Waals surface area contributed by atoms with E-state index in [1.165, 1.54) is 26.4 Å². The first-order valence-corrected chi connectivity index (χ1v) is 8.84. The van der Waals surface area contributed by atoms with Gasteiger partial charge in [-0.3, -0.25) is 10.1 Å². The van der Waals surface area contributed by atoms with Gasteiger partial charge in [-0.2, -0.15) is 0 Å². The Morgan fingerprint density at radius 3 is 2.53 bits per heavy atom. The number of benzene rings is 2. The third-order valence-electron chi connectivity index (χ3n) is 3.86. The number of carbonyl (C=O) groups excluding carboxylic acids is 2. The van der Waals surface area contributed by atoms with Gasteiger partial charge >= 0.3 is 12.0 Å². The number of carbonyl (C=O) groups is 2. The molecule has 0 atom stereocenters. The zero-order chi connectivity index (χ0) is 21.3. The normalized spacial score (nSPS) is 10.6. The summed E-state index contributed by atoms with van der Waals surface area (Å²) in [5.41, 5.74) is 1.42. The summed E-state index contributed by atoms with van der Waals surface area (Å²) in [5, 5.41) is 9.97. The second-order valence-corrected chi connectivity index (χ2v) is 5.88. The molecule has 0 spiro atoms. The van der Waals surface area contributed by atoms with Crippen LogP contribution in [-0.2, 0) is 14.3 Å². The van der Waals surface area contributed by atoms with Gasteiger partial charge in [-0.05, 0) is 35.9 Å². The fourth-order valence-electron chi connectivity index (χ4n) is 2.43. The lowest BCUT2D eigenvalue weighted by molar-refractivity contribution is -0.142. The van der Waals surface area contributed by atoms with Crippen LogP contribution in [0.1, 0.15) is 5.56 Å². The van der Waals surface area contributed by atoms with E-state index in [1.807, 2.05) is 18.2 Å². The highest BCUT2D eigenvalue weighted by atomic mass is 16.5. The van der Waals surface area contributed by atoms with E-state index in [0.29, 0.717) is 17.1 Å². The molecule has 9 nitrogen and oxygen atoms in total. The predicted octanol–water partition coefficient (Wildman–Crippen LogP) is 2.95. The van der Waals surface area contributed by atoms with E-state index < -0.39 is 18.5 Å². The fraction of sp³-hybridized carbons (Fsp3) is 0.143. The SMILES string of the molecule is COc1ccc(/C=C/C(=O)OCC(=O)Nc2nnc(-c3ccccc3)o2)cc1OC. The third-order valence-corrected chi connectivity index (χ3v) is 3.86. The average molecular weight is 409 g/mol. The minimum Gasteiger partial charge on any atom is -0.493 e.